The van der Waals surface area contributed by atoms with Gasteiger partial charge in [-0.15, -0.1) is 0 Å². The van der Waals surface area contributed by atoms with Crippen LogP contribution < -0.4 is 14.8 Å². The Morgan fingerprint density at radius 2 is 1.81 bits per heavy atom. The van der Waals surface area contributed by atoms with Crippen LogP contribution >= 0.6 is 0 Å². The zero-order valence-corrected chi connectivity index (χ0v) is 13.0. The van der Waals surface area contributed by atoms with Crippen molar-refractivity contribution in [3.63, 3.8) is 0 Å². The Morgan fingerprint density at radius 3 is 2.33 bits per heavy atom. The lowest BCUT2D eigenvalue weighted by atomic mass is 9.97. The van der Waals surface area contributed by atoms with Crippen molar-refractivity contribution in [3.05, 3.63) is 23.8 Å². The van der Waals surface area contributed by atoms with E-state index in [1.807, 2.05) is 13.1 Å². The minimum atomic E-state index is -0.0529. The summed E-state index contributed by atoms with van der Waals surface area (Å²) in [5, 5.41) is 3.34. The summed E-state index contributed by atoms with van der Waals surface area (Å²) in [5.41, 5.74) is 0.499. The summed E-state index contributed by atoms with van der Waals surface area (Å²) in [6.07, 6.45) is 2.22. The normalized spacial score (nSPS) is 15.6. The van der Waals surface area contributed by atoms with Gasteiger partial charge in [0.1, 0.15) is 17.1 Å². The van der Waals surface area contributed by atoms with Gasteiger partial charge in [-0.3, -0.25) is 4.79 Å². The fraction of sp³-hybridized carbons (Fsp3) is 0.562. The molecule has 1 aliphatic rings. The van der Waals surface area contributed by atoms with Crippen LogP contribution in [0.5, 0.6) is 11.5 Å². The number of hydrogen-bond donors (Lipinski definition) is 1. The van der Waals surface area contributed by atoms with Crippen molar-refractivity contribution >= 4 is 5.91 Å². The first-order valence-electron chi connectivity index (χ1n) is 7.34. The molecule has 5 nitrogen and oxygen atoms in total. The molecule has 1 N–H and O–H groups in total. The van der Waals surface area contributed by atoms with E-state index in [9.17, 15) is 4.79 Å². The van der Waals surface area contributed by atoms with Crippen LogP contribution in [0.1, 0.15) is 23.2 Å². The van der Waals surface area contributed by atoms with Crippen molar-refractivity contribution in [2.75, 3.05) is 40.9 Å². The third-order valence-electron chi connectivity index (χ3n) is 3.98. The molecule has 1 amide bonds. The van der Waals surface area contributed by atoms with E-state index < -0.39 is 0 Å². The number of hydrogen-bond acceptors (Lipinski definition) is 4. The highest BCUT2D eigenvalue weighted by molar-refractivity contribution is 5.99. The fourth-order valence-electron chi connectivity index (χ4n) is 2.79. The number of carbonyl (C=O) groups is 1. The molecule has 1 saturated heterocycles. The summed E-state index contributed by atoms with van der Waals surface area (Å²) in [5.74, 6) is 1.61. The number of methoxy groups -OCH3 is 2. The van der Waals surface area contributed by atoms with E-state index in [2.05, 4.69) is 5.32 Å². The SMILES string of the molecule is COc1cccc(OC)c1C(=O)N(C)CC1CCNCC1. The summed E-state index contributed by atoms with van der Waals surface area (Å²) in [7, 11) is 4.98. The van der Waals surface area contributed by atoms with Crippen molar-refractivity contribution in [2.45, 2.75) is 12.8 Å². The van der Waals surface area contributed by atoms with Crippen molar-refractivity contribution in [1.82, 2.24) is 10.2 Å². The molecule has 5 heteroatoms. The van der Waals surface area contributed by atoms with Gasteiger partial charge in [-0.25, -0.2) is 0 Å². The number of nitrogens with one attached hydrogen (secondary N) is 1. The molecular formula is C16H24N2O3. The maximum Gasteiger partial charge on any atom is 0.261 e. The maximum atomic E-state index is 12.7. The van der Waals surface area contributed by atoms with Crippen molar-refractivity contribution < 1.29 is 14.3 Å². The molecule has 0 aliphatic carbocycles. The molecule has 0 saturated carbocycles. The summed E-state index contributed by atoms with van der Waals surface area (Å²) in [6, 6.07) is 5.39. The lowest BCUT2D eigenvalue weighted by Gasteiger charge is -2.28. The predicted molar refractivity (Wildman–Crippen MR) is 82.1 cm³/mol. The number of benzene rings is 1. The van der Waals surface area contributed by atoms with Crippen LogP contribution in [-0.4, -0.2) is 51.7 Å². The lowest BCUT2D eigenvalue weighted by Crippen LogP contribution is -2.37. The fourth-order valence-corrected chi connectivity index (χ4v) is 2.79. The molecule has 21 heavy (non-hydrogen) atoms. The van der Waals surface area contributed by atoms with E-state index in [0.717, 1.165) is 32.5 Å². The van der Waals surface area contributed by atoms with Crippen LogP contribution in [0.3, 0.4) is 0 Å². The van der Waals surface area contributed by atoms with Gasteiger partial charge in [-0.2, -0.15) is 0 Å². The number of nitrogens with zero attached hydrogens (tertiary/aromatic N) is 1. The molecular weight excluding hydrogens is 268 g/mol. The van der Waals surface area contributed by atoms with Crippen LogP contribution in [0.4, 0.5) is 0 Å². The third kappa shape index (κ3) is 3.67. The van der Waals surface area contributed by atoms with Crippen LogP contribution in [0.15, 0.2) is 18.2 Å². The molecule has 0 aromatic heterocycles. The van der Waals surface area contributed by atoms with E-state index in [1.54, 1.807) is 31.3 Å². The Labute approximate surface area is 126 Å². The molecule has 0 radical (unpaired) electrons. The van der Waals surface area contributed by atoms with Gasteiger partial charge in [0.15, 0.2) is 0 Å². The van der Waals surface area contributed by atoms with E-state index in [-0.39, 0.29) is 5.91 Å². The summed E-state index contributed by atoms with van der Waals surface area (Å²) in [6.45, 7) is 2.83. The molecule has 1 aromatic carbocycles. The number of carbonyl (C=O) groups excluding carboxylic acids is 1. The summed E-state index contributed by atoms with van der Waals surface area (Å²) >= 11 is 0. The molecule has 2 rings (SSSR count). The second-order valence-electron chi connectivity index (χ2n) is 5.42. The van der Waals surface area contributed by atoms with Crippen molar-refractivity contribution in [2.24, 2.45) is 5.92 Å². The van der Waals surface area contributed by atoms with Gasteiger partial charge >= 0.3 is 0 Å². The Kier molecular flexibility index (Phi) is 5.44. The Hall–Kier alpha value is -1.75. The van der Waals surface area contributed by atoms with Gasteiger partial charge in [-0.05, 0) is 44.0 Å². The highest BCUT2D eigenvalue weighted by Crippen LogP contribution is 2.29. The molecule has 0 spiro atoms. The topological polar surface area (TPSA) is 50.8 Å². The second-order valence-corrected chi connectivity index (χ2v) is 5.42. The average molecular weight is 292 g/mol. The highest BCUT2D eigenvalue weighted by Gasteiger charge is 2.24. The first-order valence-corrected chi connectivity index (χ1v) is 7.34. The largest absolute Gasteiger partial charge is 0.496 e. The summed E-state index contributed by atoms with van der Waals surface area (Å²) in [4.78, 5) is 14.5. The predicted octanol–water partition coefficient (Wildman–Crippen LogP) is 1.78. The molecule has 116 valence electrons. The summed E-state index contributed by atoms with van der Waals surface area (Å²) < 4.78 is 10.6. The van der Waals surface area contributed by atoms with Gasteiger partial charge < -0.3 is 19.7 Å². The van der Waals surface area contributed by atoms with Gasteiger partial charge in [-0.1, -0.05) is 6.07 Å². The van der Waals surface area contributed by atoms with Crippen LogP contribution in [0, 0.1) is 5.92 Å². The van der Waals surface area contributed by atoms with Gasteiger partial charge in [0.05, 0.1) is 14.2 Å². The first-order chi connectivity index (χ1) is 10.2. The second kappa shape index (κ2) is 7.31. The van der Waals surface area contributed by atoms with Gasteiger partial charge in [0, 0.05) is 13.6 Å². The molecule has 0 atom stereocenters. The average Bonchev–Trinajstić information content (AvgIpc) is 2.54. The van der Waals surface area contributed by atoms with Crippen molar-refractivity contribution in [3.8, 4) is 11.5 Å². The maximum absolute atomic E-state index is 12.7. The van der Waals surface area contributed by atoms with Gasteiger partial charge in [0.25, 0.3) is 5.91 Å². The van der Waals surface area contributed by atoms with E-state index in [1.165, 1.54) is 0 Å². The van der Waals surface area contributed by atoms with E-state index in [0.29, 0.717) is 23.0 Å². The minimum absolute atomic E-state index is 0.0529. The molecule has 1 fully saturated rings. The molecule has 1 heterocycles. The smallest absolute Gasteiger partial charge is 0.261 e. The van der Waals surface area contributed by atoms with E-state index >= 15 is 0 Å². The van der Waals surface area contributed by atoms with Crippen LogP contribution in [-0.2, 0) is 0 Å². The molecule has 0 unspecified atom stereocenters. The Bertz CT molecular complexity index is 462. The molecule has 1 aromatic rings. The highest BCUT2D eigenvalue weighted by atomic mass is 16.5. The number of rotatable bonds is 5. The Balaban J connectivity index is 2.14. The Morgan fingerprint density at radius 1 is 1.24 bits per heavy atom. The van der Waals surface area contributed by atoms with Crippen LogP contribution in [0.2, 0.25) is 0 Å². The molecule has 1 aliphatic heterocycles. The number of piperidine rings is 1. The monoisotopic (exact) mass is 292 g/mol. The number of amides is 1. The zero-order chi connectivity index (χ0) is 15.2. The quantitative estimate of drug-likeness (QED) is 0.899. The van der Waals surface area contributed by atoms with Crippen molar-refractivity contribution in [1.29, 1.82) is 0 Å². The standard InChI is InChI=1S/C16H24N2O3/c1-18(11-12-7-9-17-10-8-12)16(19)15-13(20-2)5-4-6-14(15)21-3/h4-6,12,17H,7-11H2,1-3H3. The third-order valence-corrected chi connectivity index (χ3v) is 3.98. The minimum Gasteiger partial charge on any atom is -0.496 e. The first kappa shape index (κ1) is 15.6. The van der Waals surface area contributed by atoms with Gasteiger partial charge in [0.2, 0.25) is 0 Å². The molecule has 0 bridgehead atoms. The number of ether oxygens (including phenoxy) is 2. The lowest BCUT2D eigenvalue weighted by molar-refractivity contribution is 0.0756. The van der Waals surface area contributed by atoms with E-state index in [4.69, 9.17) is 9.47 Å². The zero-order valence-electron chi connectivity index (χ0n) is 13.0. The van der Waals surface area contributed by atoms with Crippen LogP contribution in [0.25, 0.3) is 0 Å².